The number of hydrogen-bond donors (Lipinski definition) is 2. The molecule has 2 amide bonds. The van der Waals surface area contributed by atoms with Crippen LogP contribution in [-0.4, -0.2) is 32.3 Å². The first-order chi connectivity index (χ1) is 16.4. The van der Waals surface area contributed by atoms with Crippen molar-refractivity contribution in [2.75, 3.05) is 11.1 Å². The van der Waals surface area contributed by atoms with Crippen LogP contribution in [0.4, 0.5) is 5.69 Å². The number of benzene rings is 2. The number of carbonyl (C=O) groups excluding carboxylic acids is 2. The van der Waals surface area contributed by atoms with Crippen LogP contribution in [0.25, 0.3) is 6.08 Å². The molecule has 2 N–H and O–H groups in total. The standard InChI is InChI=1S/C25H28ClN5O2S/c1-4-31-22(15-27-23(32)14-11-19-7-5-6-8-21(19)26)29-30-25(31)34-16-24(33)28-20-12-9-18(10-13-20)17(2)3/h5-14,17H,4,15-16H2,1-3H3,(H,27,32)(H,28,33)/b14-11+. The molecule has 0 saturated heterocycles. The Balaban J connectivity index is 1.51. The topological polar surface area (TPSA) is 88.9 Å². The third kappa shape index (κ3) is 7.20. The molecule has 0 bridgehead atoms. The zero-order valence-electron chi connectivity index (χ0n) is 19.4. The summed E-state index contributed by atoms with van der Waals surface area (Å²) >= 11 is 7.41. The summed E-state index contributed by atoms with van der Waals surface area (Å²) in [6, 6.07) is 15.2. The SMILES string of the molecule is CCn1c(CNC(=O)/C=C/c2ccccc2Cl)nnc1SCC(=O)Nc1ccc(C(C)C)cc1. The van der Waals surface area contributed by atoms with Crippen LogP contribution < -0.4 is 10.6 Å². The first-order valence-electron chi connectivity index (χ1n) is 11.0. The van der Waals surface area contributed by atoms with Gasteiger partial charge in [0, 0.05) is 23.3 Å². The summed E-state index contributed by atoms with van der Waals surface area (Å²) in [5, 5.41) is 15.3. The fourth-order valence-corrected chi connectivity index (χ4v) is 4.17. The molecule has 1 heterocycles. The van der Waals surface area contributed by atoms with Crippen LogP contribution in [0.15, 0.2) is 59.8 Å². The van der Waals surface area contributed by atoms with Crippen LogP contribution >= 0.6 is 23.4 Å². The van der Waals surface area contributed by atoms with Crippen molar-refractivity contribution < 1.29 is 9.59 Å². The monoisotopic (exact) mass is 497 g/mol. The van der Waals surface area contributed by atoms with Crippen LogP contribution in [0.3, 0.4) is 0 Å². The number of nitrogens with zero attached hydrogens (tertiary/aromatic N) is 3. The van der Waals surface area contributed by atoms with E-state index < -0.39 is 0 Å². The zero-order chi connectivity index (χ0) is 24.5. The highest BCUT2D eigenvalue weighted by atomic mass is 35.5. The van der Waals surface area contributed by atoms with Crippen molar-refractivity contribution in [3.05, 3.63) is 76.6 Å². The third-order valence-corrected chi connectivity index (χ3v) is 6.35. The van der Waals surface area contributed by atoms with Gasteiger partial charge in [0.2, 0.25) is 11.8 Å². The molecule has 9 heteroatoms. The molecule has 0 radical (unpaired) electrons. The predicted molar refractivity (Wildman–Crippen MR) is 138 cm³/mol. The summed E-state index contributed by atoms with van der Waals surface area (Å²) in [6.07, 6.45) is 3.10. The minimum absolute atomic E-state index is 0.118. The minimum atomic E-state index is -0.261. The zero-order valence-corrected chi connectivity index (χ0v) is 21.0. The number of carbonyl (C=O) groups is 2. The molecule has 0 aliphatic heterocycles. The predicted octanol–water partition coefficient (Wildman–Crippen LogP) is 5.14. The van der Waals surface area contributed by atoms with E-state index in [9.17, 15) is 9.59 Å². The molecule has 0 unspecified atom stereocenters. The van der Waals surface area contributed by atoms with Gasteiger partial charge < -0.3 is 15.2 Å². The molecule has 0 spiro atoms. The van der Waals surface area contributed by atoms with Gasteiger partial charge in [0.1, 0.15) is 0 Å². The smallest absolute Gasteiger partial charge is 0.244 e. The van der Waals surface area contributed by atoms with E-state index in [4.69, 9.17) is 11.6 Å². The van der Waals surface area contributed by atoms with Crippen molar-refractivity contribution in [1.29, 1.82) is 0 Å². The van der Waals surface area contributed by atoms with Crippen LogP contribution in [-0.2, 0) is 22.7 Å². The van der Waals surface area contributed by atoms with E-state index >= 15 is 0 Å². The average Bonchev–Trinajstić information content (AvgIpc) is 3.23. The van der Waals surface area contributed by atoms with E-state index in [2.05, 4.69) is 34.7 Å². The van der Waals surface area contributed by atoms with Crippen molar-refractivity contribution in [2.24, 2.45) is 0 Å². The first-order valence-corrected chi connectivity index (χ1v) is 12.4. The number of thioether (sulfide) groups is 1. The molecular formula is C25H28ClN5O2S. The minimum Gasteiger partial charge on any atom is -0.345 e. The maximum atomic E-state index is 12.4. The van der Waals surface area contributed by atoms with E-state index in [1.54, 1.807) is 12.1 Å². The Morgan fingerprint density at radius 1 is 1.12 bits per heavy atom. The van der Waals surface area contributed by atoms with E-state index in [1.807, 2.05) is 54.0 Å². The Morgan fingerprint density at radius 2 is 1.85 bits per heavy atom. The van der Waals surface area contributed by atoms with E-state index in [-0.39, 0.29) is 24.1 Å². The van der Waals surface area contributed by atoms with Crippen molar-refractivity contribution in [2.45, 2.75) is 44.9 Å². The van der Waals surface area contributed by atoms with E-state index in [0.29, 0.717) is 28.5 Å². The Kier molecular flexibility index (Phi) is 9.30. The van der Waals surface area contributed by atoms with Crippen LogP contribution in [0.2, 0.25) is 5.02 Å². The van der Waals surface area contributed by atoms with E-state index in [1.165, 1.54) is 23.4 Å². The molecule has 0 fully saturated rings. The Hall–Kier alpha value is -3.10. The average molecular weight is 498 g/mol. The van der Waals surface area contributed by atoms with Crippen molar-refractivity contribution in [3.63, 3.8) is 0 Å². The number of halogens is 1. The molecule has 178 valence electrons. The Morgan fingerprint density at radius 3 is 2.53 bits per heavy atom. The summed E-state index contributed by atoms with van der Waals surface area (Å²) in [7, 11) is 0. The lowest BCUT2D eigenvalue weighted by Crippen LogP contribution is -2.22. The van der Waals surface area contributed by atoms with Gasteiger partial charge in [-0.3, -0.25) is 9.59 Å². The van der Waals surface area contributed by atoms with Crippen molar-refractivity contribution in [1.82, 2.24) is 20.1 Å². The quantitative estimate of drug-likeness (QED) is 0.299. The summed E-state index contributed by atoms with van der Waals surface area (Å²) in [4.78, 5) is 24.6. The van der Waals surface area contributed by atoms with Crippen LogP contribution in [0, 0.1) is 0 Å². The van der Waals surface area contributed by atoms with Crippen LogP contribution in [0.1, 0.15) is 43.6 Å². The highest BCUT2D eigenvalue weighted by molar-refractivity contribution is 7.99. The molecular weight excluding hydrogens is 470 g/mol. The summed E-state index contributed by atoms with van der Waals surface area (Å²) in [5.41, 5.74) is 2.76. The van der Waals surface area contributed by atoms with Gasteiger partial charge >= 0.3 is 0 Å². The number of hydrogen-bond acceptors (Lipinski definition) is 5. The second-order valence-electron chi connectivity index (χ2n) is 7.83. The molecule has 1 aromatic heterocycles. The molecule has 2 aromatic carbocycles. The molecule has 0 aliphatic carbocycles. The number of rotatable bonds is 10. The van der Waals surface area contributed by atoms with Crippen molar-refractivity contribution in [3.8, 4) is 0 Å². The molecule has 0 saturated carbocycles. The highest BCUT2D eigenvalue weighted by Gasteiger charge is 2.14. The maximum absolute atomic E-state index is 12.4. The fraction of sp³-hybridized carbons (Fsp3) is 0.280. The van der Waals surface area contributed by atoms with Crippen molar-refractivity contribution >= 4 is 46.9 Å². The number of anilines is 1. The normalized spacial score (nSPS) is 11.2. The van der Waals surface area contributed by atoms with Gasteiger partial charge in [-0.2, -0.15) is 0 Å². The maximum Gasteiger partial charge on any atom is 0.244 e. The van der Waals surface area contributed by atoms with Gasteiger partial charge in [0.15, 0.2) is 11.0 Å². The number of nitrogens with one attached hydrogen (secondary N) is 2. The van der Waals surface area contributed by atoms with Gasteiger partial charge in [0.25, 0.3) is 0 Å². The summed E-state index contributed by atoms with van der Waals surface area (Å²) < 4.78 is 1.88. The molecule has 3 rings (SSSR count). The number of aromatic nitrogens is 3. The van der Waals surface area contributed by atoms with Gasteiger partial charge in [-0.25, -0.2) is 0 Å². The molecule has 3 aromatic rings. The fourth-order valence-electron chi connectivity index (χ4n) is 3.15. The lowest BCUT2D eigenvalue weighted by molar-refractivity contribution is -0.116. The molecule has 0 atom stereocenters. The summed E-state index contributed by atoms with van der Waals surface area (Å²) in [5.74, 6) is 0.888. The second kappa shape index (κ2) is 12.4. The molecule has 34 heavy (non-hydrogen) atoms. The highest BCUT2D eigenvalue weighted by Crippen LogP contribution is 2.20. The van der Waals surface area contributed by atoms with Gasteiger partial charge in [-0.15, -0.1) is 10.2 Å². The second-order valence-corrected chi connectivity index (χ2v) is 9.18. The Bertz CT molecular complexity index is 1160. The van der Waals surface area contributed by atoms with E-state index in [0.717, 1.165) is 11.3 Å². The van der Waals surface area contributed by atoms with Gasteiger partial charge in [0.05, 0.1) is 12.3 Å². The number of amides is 2. The lowest BCUT2D eigenvalue weighted by Gasteiger charge is -2.09. The Labute approximate surface area is 209 Å². The largest absolute Gasteiger partial charge is 0.345 e. The summed E-state index contributed by atoms with van der Waals surface area (Å²) in [6.45, 7) is 7.07. The first kappa shape index (κ1) is 25.5. The lowest BCUT2D eigenvalue weighted by atomic mass is 10.0. The third-order valence-electron chi connectivity index (χ3n) is 5.04. The van der Waals surface area contributed by atoms with Gasteiger partial charge in [-0.1, -0.05) is 67.5 Å². The molecule has 7 nitrogen and oxygen atoms in total. The van der Waals surface area contributed by atoms with Crippen LogP contribution in [0.5, 0.6) is 0 Å². The van der Waals surface area contributed by atoms with Gasteiger partial charge in [-0.05, 0) is 48.2 Å². The molecule has 0 aliphatic rings.